The predicted octanol–water partition coefficient (Wildman–Crippen LogP) is 1.86. The van der Waals surface area contributed by atoms with Crippen LogP contribution in [0.2, 0.25) is 0 Å². The van der Waals surface area contributed by atoms with Crippen LogP contribution in [0.5, 0.6) is 11.5 Å². The number of hydrogen-bond donors (Lipinski definition) is 2. The fraction of sp³-hybridized carbons (Fsp3) is 0.0667. The lowest BCUT2D eigenvalue weighted by molar-refractivity contribution is 0.0651. The molecule has 0 radical (unpaired) electrons. The van der Waals surface area contributed by atoms with Gasteiger partial charge in [0.15, 0.2) is 0 Å². The fourth-order valence-electron chi connectivity index (χ4n) is 1.87. The van der Waals surface area contributed by atoms with E-state index in [1.54, 1.807) is 6.07 Å². The summed E-state index contributed by atoms with van der Waals surface area (Å²) in [5.74, 6) is -2.71. The summed E-state index contributed by atoms with van der Waals surface area (Å²) in [7, 11) is -2.95. The molecule has 2 rings (SSSR count). The van der Waals surface area contributed by atoms with Crippen molar-refractivity contribution >= 4 is 22.1 Å². The molecule has 8 nitrogen and oxygen atoms in total. The first-order chi connectivity index (χ1) is 11.2. The highest BCUT2D eigenvalue weighted by Gasteiger charge is 2.23. The lowest BCUT2D eigenvalue weighted by atomic mass is 10.1. The van der Waals surface area contributed by atoms with Gasteiger partial charge in [-0.15, -0.1) is 0 Å². The maximum absolute atomic E-state index is 12.3. The number of carboxylic acid groups (broad SMARTS) is 2. The van der Waals surface area contributed by atoms with E-state index in [0.717, 1.165) is 18.2 Å². The number of ether oxygens (including phenoxy) is 1. The minimum atomic E-state index is -4.35. The lowest BCUT2D eigenvalue weighted by Gasteiger charge is -2.09. The molecule has 2 aromatic carbocycles. The molecule has 0 amide bonds. The van der Waals surface area contributed by atoms with Gasteiger partial charge < -0.3 is 19.1 Å². The Morgan fingerprint density at radius 2 is 1.54 bits per heavy atom. The third-order valence-corrected chi connectivity index (χ3v) is 4.23. The largest absolute Gasteiger partial charge is 0.497 e. The Bertz CT molecular complexity index is 901. The molecule has 126 valence electrons. The van der Waals surface area contributed by atoms with Crippen molar-refractivity contribution in [2.75, 3.05) is 7.11 Å². The van der Waals surface area contributed by atoms with Gasteiger partial charge in [-0.25, -0.2) is 9.59 Å². The average molecular weight is 352 g/mol. The van der Waals surface area contributed by atoms with E-state index < -0.39 is 38.1 Å². The summed E-state index contributed by atoms with van der Waals surface area (Å²) in [5.41, 5.74) is -1.18. The van der Waals surface area contributed by atoms with Crippen molar-refractivity contribution in [3.63, 3.8) is 0 Å². The third-order valence-electron chi connectivity index (χ3n) is 2.99. The van der Waals surface area contributed by atoms with Crippen LogP contribution in [0.25, 0.3) is 0 Å². The van der Waals surface area contributed by atoms with Gasteiger partial charge in [-0.05, 0) is 30.3 Å². The zero-order chi connectivity index (χ0) is 17.9. The Morgan fingerprint density at radius 1 is 0.917 bits per heavy atom. The SMILES string of the molecule is COc1cccc(OS(=O)(=O)c2ccc(C(=O)O)c(C(=O)O)c2)c1. The number of carboxylic acids is 2. The van der Waals surface area contributed by atoms with Gasteiger partial charge in [0.25, 0.3) is 0 Å². The van der Waals surface area contributed by atoms with Crippen molar-refractivity contribution in [1.82, 2.24) is 0 Å². The van der Waals surface area contributed by atoms with Gasteiger partial charge in [-0.3, -0.25) is 0 Å². The van der Waals surface area contributed by atoms with Gasteiger partial charge >= 0.3 is 22.1 Å². The van der Waals surface area contributed by atoms with Crippen molar-refractivity contribution in [2.24, 2.45) is 0 Å². The second-order valence-electron chi connectivity index (χ2n) is 4.53. The molecule has 0 saturated heterocycles. The van der Waals surface area contributed by atoms with Crippen molar-refractivity contribution in [2.45, 2.75) is 4.90 Å². The fourth-order valence-corrected chi connectivity index (χ4v) is 2.82. The van der Waals surface area contributed by atoms with Crippen LogP contribution in [-0.2, 0) is 10.1 Å². The van der Waals surface area contributed by atoms with E-state index in [4.69, 9.17) is 19.1 Å². The first kappa shape index (κ1) is 17.3. The smallest absolute Gasteiger partial charge is 0.339 e. The van der Waals surface area contributed by atoms with E-state index in [2.05, 4.69) is 0 Å². The standard InChI is InChI=1S/C15H12O8S/c1-22-9-3-2-4-10(7-9)23-24(20,21)11-5-6-12(14(16)17)13(8-11)15(18)19/h2-8H,1H3,(H,16,17)(H,18,19). The second-order valence-corrected chi connectivity index (χ2v) is 6.08. The summed E-state index contributed by atoms with van der Waals surface area (Å²) >= 11 is 0. The molecule has 0 aliphatic heterocycles. The van der Waals surface area contributed by atoms with Gasteiger partial charge in [0, 0.05) is 6.07 Å². The molecule has 0 atom stereocenters. The summed E-state index contributed by atoms with van der Waals surface area (Å²) in [5, 5.41) is 18.0. The van der Waals surface area contributed by atoms with Crippen LogP contribution in [-0.4, -0.2) is 37.7 Å². The molecule has 0 aromatic heterocycles. The van der Waals surface area contributed by atoms with E-state index in [1.807, 2.05) is 0 Å². The molecular weight excluding hydrogens is 340 g/mol. The van der Waals surface area contributed by atoms with Crippen molar-refractivity contribution in [3.8, 4) is 11.5 Å². The number of methoxy groups -OCH3 is 1. The van der Waals surface area contributed by atoms with Gasteiger partial charge in [0.2, 0.25) is 0 Å². The summed E-state index contributed by atoms with van der Waals surface area (Å²) in [6.45, 7) is 0. The molecule has 0 spiro atoms. The molecule has 0 saturated carbocycles. The van der Waals surface area contributed by atoms with Gasteiger partial charge in [0.1, 0.15) is 16.4 Å². The highest BCUT2D eigenvalue weighted by Crippen LogP contribution is 2.24. The van der Waals surface area contributed by atoms with E-state index in [1.165, 1.54) is 25.3 Å². The van der Waals surface area contributed by atoms with Crippen molar-refractivity contribution in [3.05, 3.63) is 53.6 Å². The maximum Gasteiger partial charge on any atom is 0.339 e. The Morgan fingerprint density at radius 3 is 2.12 bits per heavy atom. The maximum atomic E-state index is 12.3. The van der Waals surface area contributed by atoms with Crippen LogP contribution < -0.4 is 8.92 Å². The van der Waals surface area contributed by atoms with E-state index in [0.29, 0.717) is 5.75 Å². The molecule has 0 bridgehead atoms. The van der Waals surface area contributed by atoms with Gasteiger partial charge in [-0.1, -0.05) is 6.07 Å². The Labute approximate surface area is 137 Å². The van der Waals surface area contributed by atoms with Crippen LogP contribution in [0.4, 0.5) is 0 Å². The number of hydrogen-bond acceptors (Lipinski definition) is 6. The molecule has 2 N–H and O–H groups in total. The van der Waals surface area contributed by atoms with Crippen molar-refractivity contribution in [1.29, 1.82) is 0 Å². The molecule has 0 unspecified atom stereocenters. The predicted molar refractivity (Wildman–Crippen MR) is 81.2 cm³/mol. The molecular formula is C15H12O8S. The molecule has 9 heteroatoms. The highest BCUT2D eigenvalue weighted by atomic mass is 32.2. The number of rotatable bonds is 6. The lowest BCUT2D eigenvalue weighted by Crippen LogP contribution is -2.13. The number of benzene rings is 2. The molecule has 0 aliphatic rings. The van der Waals surface area contributed by atoms with E-state index in [-0.39, 0.29) is 5.75 Å². The van der Waals surface area contributed by atoms with Gasteiger partial charge in [-0.2, -0.15) is 8.42 Å². The molecule has 0 aliphatic carbocycles. The Hall–Kier alpha value is -3.07. The minimum Gasteiger partial charge on any atom is -0.497 e. The zero-order valence-electron chi connectivity index (χ0n) is 12.3. The summed E-state index contributed by atoms with van der Waals surface area (Å²) in [4.78, 5) is 21.6. The Kier molecular flexibility index (Phi) is 4.74. The van der Waals surface area contributed by atoms with Gasteiger partial charge in [0.05, 0.1) is 18.2 Å². The third kappa shape index (κ3) is 3.63. The Balaban J connectivity index is 2.43. The minimum absolute atomic E-state index is 0.0338. The van der Waals surface area contributed by atoms with Crippen molar-refractivity contribution < 1.29 is 37.1 Å². The summed E-state index contributed by atoms with van der Waals surface area (Å²) in [6.07, 6.45) is 0. The van der Waals surface area contributed by atoms with Crippen LogP contribution in [0.15, 0.2) is 47.4 Å². The molecule has 0 heterocycles. The van der Waals surface area contributed by atoms with Crippen LogP contribution in [0, 0.1) is 0 Å². The number of aromatic carboxylic acids is 2. The quantitative estimate of drug-likeness (QED) is 0.754. The first-order valence-electron chi connectivity index (χ1n) is 6.44. The van der Waals surface area contributed by atoms with E-state index in [9.17, 15) is 18.0 Å². The number of carbonyl (C=O) groups is 2. The highest BCUT2D eigenvalue weighted by molar-refractivity contribution is 7.87. The monoisotopic (exact) mass is 352 g/mol. The molecule has 24 heavy (non-hydrogen) atoms. The van der Waals surface area contributed by atoms with E-state index >= 15 is 0 Å². The molecule has 0 fully saturated rings. The summed E-state index contributed by atoms with van der Waals surface area (Å²) in [6, 6.07) is 8.41. The van der Waals surface area contributed by atoms with Crippen LogP contribution >= 0.6 is 0 Å². The molecule has 2 aromatic rings. The van der Waals surface area contributed by atoms with Crippen LogP contribution in [0.1, 0.15) is 20.7 Å². The normalized spacial score (nSPS) is 10.9. The second kappa shape index (κ2) is 6.59. The van der Waals surface area contributed by atoms with Crippen LogP contribution in [0.3, 0.4) is 0 Å². The topological polar surface area (TPSA) is 127 Å². The first-order valence-corrected chi connectivity index (χ1v) is 7.84. The summed E-state index contributed by atoms with van der Waals surface area (Å²) < 4.78 is 34.4. The average Bonchev–Trinajstić information content (AvgIpc) is 2.53. The zero-order valence-corrected chi connectivity index (χ0v) is 13.1.